The van der Waals surface area contributed by atoms with Crippen LogP contribution in [0.3, 0.4) is 0 Å². The number of aromatic nitrogens is 3. The standard InChI is InChI=1S/C24H27ClFN5O/c1-16-14-17(22-23(27-16)31-9-4-2-3-8-21(31)28-22)24(32)30-12-10-29(11-13-30)15-18-19(25)6-5-7-20(18)26/h5-7,14H,2-4,8-13,15H2,1H3. The van der Waals surface area contributed by atoms with Crippen molar-refractivity contribution < 1.29 is 9.18 Å². The second kappa shape index (κ2) is 8.79. The van der Waals surface area contributed by atoms with E-state index >= 15 is 0 Å². The van der Waals surface area contributed by atoms with Gasteiger partial charge in [0.2, 0.25) is 0 Å². The average molecular weight is 456 g/mol. The fraction of sp³-hybridized carbons (Fsp3) is 0.458. The molecule has 8 heteroatoms. The van der Waals surface area contributed by atoms with Gasteiger partial charge in [0.15, 0.2) is 5.65 Å². The first-order valence-electron chi connectivity index (χ1n) is 11.3. The Morgan fingerprint density at radius 3 is 2.69 bits per heavy atom. The van der Waals surface area contributed by atoms with Crippen molar-refractivity contribution in [1.29, 1.82) is 0 Å². The van der Waals surface area contributed by atoms with Gasteiger partial charge in [-0.15, -0.1) is 0 Å². The van der Waals surface area contributed by atoms with Crippen LogP contribution < -0.4 is 0 Å². The molecule has 4 heterocycles. The number of hydrogen-bond donors (Lipinski definition) is 0. The molecule has 6 nitrogen and oxygen atoms in total. The average Bonchev–Trinajstić information content (AvgIpc) is 2.96. The van der Waals surface area contributed by atoms with E-state index in [2.05, 4.69) is 9.47 Å². The van der Waals surface area contributed by atoms with Gasteiger partial charge >= 0.3 is 0 Å². The number of hydrogen-bond acceptors (Lipinski definition) is 4. The van der Waals surface area contributed by atoms with Crippen molar-refractivity contribution in [2.24, 2.45) is 0 Å². The van der Waals surface area contributed by atoms with Crippen LogP contribution in [0.1, 0.15) is 46.7 Å². The van der Waals surface area contributed by atoms with E-state index in [0.29, 0.717) is 48.9 Å². The first kappa shape index (κ1) is 21.3. The molecule has 1 amide bonds. The molecular weight excluding hydrogens is 429 g/mol. The van der Waals surface area contributed by atoms with Crippen molar-refractivity contribution in [2.45, 2.75) is 45.7 Å². The van der Waals surface area contributed by atoms with E-state index in [1.165, 1.54) is 12.5 Å². The molecule has 1 fully saturated rings. The number of aryl methyl sites for hydroxylation is 3. The summed E-state index contributed by atoms with van der Waals surface area (Å²) in [6.45, 7) is 5.80. The summed E-state index contributed by atoms with van der Waals surface area (Å²) in [6, 6.07) is 6.63. The topological polar surface area (TPSA) is 54.3 Å². The van der Waals surface area contributed by atoms with E-state index in [4.69, 9.17) is 21.6 Å². The zero-order chi connectivity index (χ0) is 22.2. The summed E-state index contributed by atoms with van der Waals surface area (Å²) in [4.78, 5) is 27.1. The fourth-order valence-electron chi connectivity index (χ4n) is 4.77. The number of amides is 1. The highest BCUT2D eigenvalue weighted by Crippen LogP contribution is 2.26. The zero-order valence-electron chi connectivity index (χ0n) is 18.3. The SMILES string of the molecule is Cc1cc(C(=O)N2CCN(Cc3c(F)cccc3Cl)CC2)c2nc3n(c2n1)CCCCC3. The molecule has 0 atom stereocenters. The van der Waals surface area contributed by atoms with E-state index < -0.39 is 0 Å². The molecule has 168 valence electrons. The summed E-state index contributed by atoms with van der Waals surface area (Å²) in [5, 5.41) is 0.442. The Kier molecular flexibility index (Phi) is 5.86. The smallest absolute Gasteiger partial charge is 0.256 e. The Bertz CT molecular complexity index is 1150. The lowest BCUT2D eigenvalue weighted by molar-refractivity contribution is 0.0628. The largest absolute Gasteiger partial charge is 0.336 e. The molecular formula is C24H27ClFN5O. The van der Waals surface area contributed by atoms with Gasteiger partial charge in [0.05, 0.1) is 5.56 Å². The third kappa shape index (κ3) is 3.99. The Hall–Kier alpha value is -2.51. The maximum Gasteiger partial charge on any atom is 0.256 e. The molecule has 1 saturated heterocycles. The quantitative estimate of drug-likeness (QED) is 0.593. The van der Waals surface area contributed by atoms with Crippen molar-refractivity contribution in [2.75, 3.05) is 26.2 Å². The Morgan fingerprint density at radius 2 is 1.91 bits per heavy atom. The van der Waals surface area contributed by atoms with E-state index in [1.807, 2.05) is 17.9 Å². The minimum absolute atomic E-state index is 0.00247. The maximum absolute atomic E-state index is 14.2. The molecule has 0 spiro atoms. The Morgan fingerprint density at radius 1 is 1.09 bits per heavy atom. The van der Waals surface area contributed by atoms with Crippen LogP contribution in [0.15, 0.2) is 24.3 Å². The summed E-state index contributed by atoms with van der Waals surface area (Å²) < 4.78 is 16.3. The van der Waals surface area contributed by atoms with Crippen molar-refractivity contribution in [3.8, 4) is 0 Å². The molecule has 0 radical (unpaired) electrons. The minimum Gasteiger partial charge on any atom is -0.336 e. The molecule has 3 aromatic rings. The molecule has 0 bridgehead atoms. The maximum atomic E-state index is 14.2. The van der Waals surface area contributed by atoms with Crippen LogP contribution in [-0.4, -0.2) is 56.4 Å². The van der Waals surface area contributed by atoms with Gasteiger partial charge in [-0.2, -0.15) is 0 Å². The molecule has 2 aromatic heterocycles. The first-order valence-corrected chi connectivity index (χ1v) is 11.7. The monoisotopic (exact) mass is 455 g/mol. The van der Waals surface area contributed by atoms with E-state index in [9.17, 15) is 9.18 Å². The van der Waals surface area contributed by atoms with Crippen molar-refractivity contribution in [3.63, 3.8) is 0 Å². The number of carbonyl (C=O) groups excluding carboxylic acids is 1. The summed E-state index contributed by atoms with van der Waals surface area (Å²) in [5.41, 5.74) is 3.54. The number of benzene rings is 1. The summed E-state index contributed by atoms with van der Waals surface area (Å²) in [5.74, 6) is 0.749. The lowest BCUT2D eigenvalue weighted by Gasteiger charge is -2.35. The molecule has 0 saturated carbocycles. The van der Waals surface area contributed by atoms with Gasteiger partial charge in [0.1, 0.15) is 17.2 Å². The summed E-state index contributed by atoms with van der Waals surface area (Å²) in [6.07, 6.45) is 4.37. The first-order chi connectivity index (χ1) is 15.5. The fourth-order valence-corrected chi connectivity index (χ4v) is 4.99. The van der Waals surface area contributed by atoms with Gasteiger partial charge in [-0.1, -0.05) is 24.1 Å². The number of carbonyl (C=O) groups is 1. The second-order valence-corrected chi connectivity index (χ2v) is 9.15. The Balaban J connectivity index is 1.34. The Labute approximate surface area is 192 Å². The van der Waals surface area contributed by atoms with E-state index in [1.54, 1.807) is 12.1 Å². The second-order valence-electron chi connectivity index (χ2n) is 8.74. The number of nitrogens with zero attached hydrogens (tertiary/aromatic N) is 5. The lowest BCUT2D eigenvalue weighted by Crippen LogP contribution is -2.48. The number of rotatable bonds is 3. The van der Waals surface area contributed by atoms with Crippen LogP contribution in [0.2, 0.25) is 5.02 Å². The van der Waals surface area contributed by atoms with Gasteiger partial charge in [0.25, 0.3) is 5.91 Å². The number of imidazole rings is 1. The third-order valence-electron chi connectivity index (χ3n) is 6.53. The molecule has 2 aliphatic heterocycles. The predicted octanol–water partition coefficient (Wildman–Crippen LogP) is 4.22. The number of piperazine rings is 1. The van der Waals surface area contributed by atoms with Crippen molar-refractivity contribution in [1.82, 2.24) is 24.3 Å². The molecule has 32 heavy (non-hydrogen) atoms. The van der Waals surface area contributed by atoms with Gasteiger partial charge in [-0.05, 0) is 38.0 Å². The molecule has 0 unspecified atom stereocenters. The summed E-state index contributed by atoms with van der Waals surface area (Å²) in [7, 11) is 0. The number of pyridine rings is 1. The minimum atomic E-state index is -0.287. The van der Waals surface area contributed by atoms with Crippen molar-refractivity contribution >= 4 is 28.7 Å². The van der Waals surface area contributed by atoms with Gasteiger partial charge < -0.3 is 9.47 Å². The van der Waals surface area contributed by atoms with Crippen LogP contribution in [0.5, 0.6) is 0 Å². The zero-order valence-corrected chi connectivity index (χ0v) is 19.0. The van der Waals surface area contributed by atoms with E-state index in [0.717, 1.165) is 48.5 Å². The molecule has 5 rings (SSSR count). The van der Waals surface area contributed by atoms with E-state index in [-0.39, 0.29) is 11.7 Å². The number of halogens is 2. The van der Waals surface area contributed by atoms with Crippen LogP contribution in [0.25, 0.3) is 11.2 Å². The lowest BCUT2D eigenvalue weighted by atomic mass is 10.1. The molecule has 2 aliphatic rings. The van der Waals surface area contributed by atoms with Crippen LogP contribution >= 0.6 is 11.6 Å². The normalized spacial score (nSPS) is 17.4. The number of fused-ring (bicyclic) bond motifs is 3. The molecule has 1 aromatic carbocycles. The van der Waals surface area contributed by atoms with Crippen molar-refractivity contribution in [3.05, 3.63) is 57.8 Å². The van der Waals surface area contributed by atoms with Gasteiger partial charge in [0, 0.05) is 62.0 Å². The highest BCUT2D eigenvalue weighted by molar-refractivity contribution is 6.31. The van der Waals surface area contributed by atoms with Crippen LogP contribution in [-0.2, 0) is 19.5 Å². The third-order valence-corrected chi connectivity index (χ3v) is 6.88. The van der Waals surface area contributed by atoms with Gasteiger partial charge in [-0.25, -0.2) is 14.4 Å². The van der Waals surface area contributed by atoms with Crippen LogP contribution in [0.4, 0.5) is 4.39 Å². The van der Waals surface area contributed by atoms with Gasteiger partial charge in [-0.3, -0.25) is 9.69 Å². The molecule has 0 N–H and O–H groups in total. The highest BCUT2D eigenvalue weighted by atomic mass is 35.5. The summed E-state index contributed by atoms with van der Waals surface area (Å²) >= 11 is 6.19. The predicted molar refractivity (Wildman–Crippen MR) is 122 cm³/mol. The highest BCUT2D eigenvalue weighted by Gasteiger charge is 2.27. The molecule has 0 aliphatic carbocycles. The van der Waals surface area contributed by atoms with Crippen LogP contribution in [0, 0.1) is 12.7 Å².